The van der Waals surface area contributed by atoms with E-state index in [9.17, 15) is 9.59 Å². The highest BCUT2D eigenvalue weighted by Crippen LogP contribution is 2.28. The summed E-state index contributed by atoms with van der Waals surface area (Å²) >= 11 is 0. The first-order chi connectivity index (χ1) is 12.0. The van der Waals surface area contributed by atoms with E-state index in [2.05, 4.69) is 41.8 Å². The molecule has 0 radical (unpaired) electrons. The van der Waals surface area contributed by atoms with Gasteiger partial charge in [-0.3, -0.25) is 9.59 Å². The van der Waals surface area contributed by atoms with Crippen molar-refractivity contribution in [2.24, 2.45) is 0 Å². The molecule has 0 unspecified atom stereocenters. The molecule has 5 heteroatoms. The van der Waals surface area contributed by atoms with Crippen LogP contribution >= 0.6 is 0 Å². The molecule has 132 valence electrons. The molecule has 2 amide bonds. The average molecular weight is 340 g/mol. The maximum atomic E-state index is 12.3. The zero-order chi connectivity index (χ0) is 18.2. The Bertz CT molecular complexity index is 739. The van der Waals surface area contributed by atoms with Gasteiger partial charge in [0.2, 0.25) is 11.8 Å². The zero-order valence-electron chi connectivity index (χ0n) is 14.9. The molecule has 0 bridgehead atoms. The van der Waals surface area contributed by atoms with Crippen LogP contribution in [0.5, 0.6) is 5.75 Å². The fraction of sp³-hybridized carbons (Fsp3) is 0.300. The van der Waals surface area contributed by atoms with Gasteiger partial charge in [-0.2, -0.15) is 0 Å². The molecule has 0 heterocycles. The average Bonchev–Trinajstić information content (AvgIpc) is 2.60. The summed E-state index contributed by atoms with van der Waals surface area (Å²) < 4.78 is 5.27. The van der Waals surface area contributed by atoms with E-state index in [0.717, 1.165) is 12.0 Å². The number of carbonyl (C=O) groups is 2. The minimum absolute atomic E-state index is 0.0992. The van der Waals surface area contributed by atoms with Crippen molar-refractivity contribution in [3.63, 3.8) is 0 Å². The van der Waals surface area contributed by atoms with E-state index >= 15 is 0 Å². The van der Waals surface area contributed by atoms with Gasteiger partial charge >= 0.3 is 0 Å². The maximum Gasteiger partial charge on any atom is 0.224 e. The lowest BCUT2D eigenvalue weighted by atomic mass is 10.1. The van der Waals surface area contributed by atoms with Crippen LogP contribution in [-0.4, -0.2) is 18.9 Å². The molecule has 0 saturated heterocycles. The SMILES string of the molecule is CCc1ccc(CCC(=O)Nc2cc(NC(C)=O)ccc2OC)cc1. The van der Waals surface area contributed by atoms with Gasteiger partial charge < -0.3 is 15.4 Å². The molecule has 2 rings (SSSR count). The predicted octanol–water partition coefficient (Wildman–Crippen LogP) is 3.79. The molecule has 2 N–H and O–H groups in total. The van der Waals surface area contributed by atoms with Crippen LogP contribution in [0, 0.1) is 0 Å². The second-order valence-corrected chi connectivity index (χ2v) is 5.81. The third-order valence-electron chi connectivity index (χ3n) is 3.87. The number of nitrogens with one attached hydrogen (secondary N) is 2. The number of anilines is 2. The molecule has 0 atom stereocenters. The van der Waals surface area contributed by atoms with Crippen LogP contribution in [0.2, 0.25) is 0 Å². The summed E-state index contributed by atoms with van der Waals surface area (Å²) in [6.07, 6.45) is 2.05. The summed E-state index contributed by atoms with van der Waals surface area (Å²) in [7, 11) is 1.54. The minimum atomic E-state index is -0.169. The normalized spacial score (nSPS) is 10.2. The lowest BCUT2D eigenvalue weighted by molar-refractivity contribution is -0.116. The summed E-state index contributed by atoms with van der Waals surface area (Å²) in [4.78, 5) is 23.4. The molecule has 0 spiro atoms. The summed E-state index contributed by atoms with van der Waals surface area (Å²) in [6, 6.07) is 13.4. The molecule has 25 heavy (non-hydrogen) atoms. The van der Waals surface area contributed by atoms with Crippen molar-refractivity contribution in [2.75, 3.05) is 17.7 Å². The highest BCUT2D eigenvalue weighted by molar-refractivity contribution is 5.95. The smallest absolute Gasteiger partial charge is 0.224 e. The van der Waals surface area contributed by atoms with E-state index in [-0.39, 0.29) is 11.8 Å². The Morgan fingerprint density at radius 2 is 1.68 bits per heavy atom. The quantitative estimate of drug-likeness (QED) is 0.806. The molecule has 5 nitrogen and oxygen atoms in total. The number of carbonyl (C=O) groups excluding carboxylic acids is 2. The third kappa shape index (κ3) is 5.64. The van der Waals surface area contributed by atoms with Gasteiger partial charge in [0.1, 0.15) is 5.75 Å². The summed E-state index contributed by atoms with van der Waals surface area (Å²) in [5.41, 5.74) is 3.57. The fourth-order valence-corrected chi connectivity index (χ4v) is 2.50. The van der Waals surface area contributed by atoms with E-state index in [0.29, 0.717) is 30.0 Å². The molecule has 2 aromatic carbocycles. The standard InChI is InChI=1S/C20H24N2O3/c1-4-15-5-7-16(8-6-15)9-12-20(24)22-18-13-17(21-14(2)23)10-11-19(18)25-3/h5-8,10-11,13H,4,9,12H2,1-3H3,(H,21,23)(H,22,24). The van der Waals surface area contributed by atoms with Crippen LogP contribution in [0.15, 0.2) is 42.5 Å². The Labute approximate surface area is 148 Å². The highest BCUT2D eigenvalue weighted by atomic mass is 16.5. The van der Waals surface area contributed by atoms with Crippen molar-refractivity contribution < 1.29 is 14.3 Å². The second kappa shape index (κ2) is 8.87. The lowest BCUT2D eigenvalue weighted by Crippen LogP contribution is -2.14. The number of methoxy groups -OCH3 is 1. The van der Waals surface area contributed by atoms with Crippen molar-refractivity contribution in [2.45, 2.75) is 33.1 Å². The first kappa shape index (κ1) is 18.5. The number of aryl methyl sites for hydroxylation is 2. The van der Waals surface area contributed by atoms with E-state index in [4.69, 9.17) is 4.74 Å². The molecule has 0 aromatic heterocycles. The second-order valence-electron chi connectivity index (χ2n) is 5.81. The van der Waals surface area contributed by atoms with E-state index in [1.807, 2.05) is 0 Å². The zero-order valence-corrected chi connectivity index (χ0v) is 14.9. The van der Waals surface area contributed by atoms with Gasteiger partial charge in [-0.05, 0) is 42.2 Å². The number of benzene rings is 2. The third-order valence-corrected chi connectivity index (χ3v) is 3.87. The first-order valence-electron chi connectivity index (χ1n) is 8.35. The first-order valence-corrected chi connectivity index (χ1v) is 8.35. The van der Waals surface area contributed by atoms with Crippen molar-refractivity contribution >= 4 is 23.2 Å². The van der Waals surface area contributed by atoms with E-state index in [1.54, 1.807) is 25.3 Å². The maximum absolute atomic E-state index is 12.3. The fourth-order valence-electron chi connectivity index (χ4n) is 2.50. The molecule has 0 aliphatic rings. The van der Waals surface area contributed by atoms with Crippen LogP contribution in [0.1, 0.15) is 31.4 Å². The number of rotatable bonds is 7. The molecule has 0 aliphatic carbocycles. The van der Waals surface area contributed by atoms with Gasteiger partial charge in [-0.25, -0.2) is 0 Å². The Morgan fingerprint density at radius 1 is 1.00 bits per heavy atom. The molecule has 0 fully saturated rings. The van der Waals surface area contributed by atoms with Gasteiger partial charge in [-0.15, -0.1) is 0 Å². The molecular weight excluding hydrogens is 316 g/mol. The van der Waals surface area contributed by atoms with Gasteiger partial charge in [0.15, 0.2) is 0 Å². The Kier molecular flexibility index (Phi) is 6.57. The van der Waals surface area contributed by atoms with Crippen molar-refractivity contribution in [3.05, 3.63) is 53.6 Å². The van der Waals surface area contributed by atoms with Crippen LogP contribution in [0.3, 0.4) is 0 Å². The molecule has 2 aromatic rings. The summed E-state index contributed by atoms with van der Waals surface area (Å²) in [6.45, 7) is 3.55. The highest BCUT2D eigenvalue weighted by Gasteiger charge is 2.10. The number of hydrogen-bond donors (Lipinski definition) is 2. The summed E-state index contributed by atoms with van der Waals surface area (Å²) in [5.74, 6) is 0.283. The Balaban J connectivity index is 1.99. The van der Waals surface area contributed by atoms with Gasteiger partial charge in [-0.1, -0.05) is 31.2 Å². The topological polar surface area (TPSA) is 67.4 Å². The Hall–Kier alpha value is -2.82. The predicted molar refractivity (Wildman–Crippen MR) is 100 cm³/mol. The van der Waals surface area contributed by atoms with Crippen LogP contribution in [-0.2, 0) is 22.4 Å². The van der Waals surface area contributed by atoms with Crippen molar-refractivity contribution in [3.8, 4) is 5.75 Å². The van der Waals surface area contributed by atoms with Gasteiger partial charge in [0.25, 0.3) is 0 Å². The molecule has 0 saturated carbocycles. The van der Waals surface area contributed by atoms with Crippen molar-refractivity contribution in [1.29, 1.82) is 0 Å². The van der Waals surface area contributed by atoms with E-state index < -0.39 is 0 Å². The minimum Gasteiger partial charge on any atom is -0.495 e. The van der Waals surface area contributed by atoms with Gasteiger partial charge in [0, 0.05) is 19.0 Å². The molecular formula is C20H24N2O3. The number of ether oxygens (including phenoxy) is 1. The molecule has 0 aliphatic heterocycles. The number of amides is 2. The van der Waals surface area contributed by atoms with Crippen LogP contribution < -0.4 is 15.4 Å². The van der Waals surface area contributed by atoms with E-state index in [1.165, 1.54) is 12.5 Å². The van der Waals surface area contributed by atoms with Gasteiger partial charge in [0.05, 0.1) is 12.8 Å². The van der Waals surface area contributed by atoms with Crippen LogP contribution in [0.4, 0.5) is 11.4 Å². The largest absolute Gasteiger partial charge is 0.495 e. The lowest BCUT2D eigenvalue weighted by Gasteiger charge is -2.12. The van der Waals surface area contributed by atoms with Crippen LogP contribution in [0.25, 0.3) is 0 Å². The Morgan fingerprint density at radius 3 is 2.28 bits per heavy atom. The van der Waals surface area contributed by atoms with Crippen molar-refractivity contribution in [1.82, 2.24) is 0 Å². The number of hydrogen-bond acceptors (Lipinski definition) is 3. The monoisotopic (exact) mass is 340 g/mol. The summed E-state index contributed by atoms with van der Waals surface area (Å²) in [5, 5.41) is 5.55.